The zero-order valence-corrected chi connectivity index (χ0v) is 27.4. The largest absolute Gasteiger partial charge is 0.458 e. The van der Waals surface area contributed by atoms with Crippen LogP contribution in [-0.2, 0) is 30.3 Å². The van der Waals surface area contributed by atoms with E-state index in [4.69, 9.17) is 9.47 Å². The Bertz CT molecular complexity index is 1260. The number of esters is 1. The number of rotatable bonds is 11. The second kappa shape index (κ2) is 15.0. The minimum atomic E-state index is -1.08. The SMILES string of the molecule is CCC(C)N(C(=O)CNC(=O)OC(C)(C)C)C(C(=O)NC(Cc1ccccc1)C(=O)OC(C)(C)C)c1cc(C)ccc1C. The van der Waals surface area contributed by atoms with E-state index in [2.05, 4.69) is 10.6 Å². The van der Waals surface area contributed by atoms with Gasteiger partial charge in [0.15, 0.2) is 0 Å². The van der Waals surface area contributed by atoms with Gasteiger partial charge in [0.1, 0.15) is 29.8 Å². The fourth-order valence-electron chi connectivity index (χ4n) is 4.53. The standard InChI is InChI=1S/C34H49N3O6/c1-11-24(4)37(28(38)21-35-32(41)43-34(8,9)10)29(26-19-22(2)17-18-23(26)3)30(39)36-27(31(40)42-33(5,6)7)20-25-15-13-12-14-16-25/h12-19,24,27,29H,11,20-21H2,1-10H3,(H,35,41)(H,36,39). The third-order valence-corrected chi connectivity index (χ3v) is 6.68. The van der Waals surface area contributed by atoms with Crippen LogP contribution in [0.1, 0.15) is 90.1 Å². The van der Waals surface area contributed by atoms with Crippen LogP contribution < -0.4 is 10.6 Å². The summed E-state index contributed by atoms with van der Waals surface area (Å²) in [6, 6.07) is 12.6. The average molecular weight is 596 g/mol. The van der Waals surface area contributed by atoms with Gasteiger partial charge < -0.3 is 25.0 Å². The summed E-state index contributed by atoms with van der Waals surface area (Å²) in [7, 11) is 0. The molecular formula is C34H49N3O6. The molecule has 0 heterocycles. The van der Waals surface area contributed by atoms with Gasteiger partial charge in [-0.2, -0.15) is 0 Å². The summed E-state index contributed by atoms with van der Waals surface area (Å²) in [4.78, 5) is 55.4. The second-order valence-electron chi connectivity index (χ2n) is 13.0. The number of carbonyl (C=O) groups excluding carboxylic acids is 4. The first-order chi connectivity index (χ1) is 19.9. The number of benzene rings is 2. The summed E-state index contributed by atoms with van der Waals surface area (Å²) in [6.45, 7) is 17.7. The van der Waals surface area contributed by atoms with Gasteiger partial charge in [0.25, 0.3) is 0 Å². The lowest BCUT2D eigenvalue weighted by Crippen LogP contribution is -2.54. The smallest absolute Gasteiger partial charge is 0.408 e. The van der Waals surface area contributed by atoms with E-state index in [1.807, 2.05) is 76.2 Å². The fourth-order valence-corrected chi connectivity index (χ4v) is 4.53. The van der Waals surface area contributed by atoms with Crippen molar-refractivity contribution < 1.29 is 28.7 Å². The van der Waals surface area contributed by atoms with E-state index in [-0.39, 0.29) is 19.0 Å². The molecule has 0 bridgehead atoms. The number of ether oxygens (including phenoxy) is 2. The van der Waals surface area contributed by atoms with E-state index in [1.54, 1.807) is 41.5 Å². The van der Waals surface area contributed by atoms with Gasteiger partial charge in [-0.3, -0.25) is 9.59 Å². The molecule has 3 atom stereocenters. The minimum Gasteiger partial charge on any atom is -0.458 e. The maximum atomic E-state index is 14.3. The van der Waals surface area contributed by atoms with Crippen molar-refractivity contribution in [1.82, 2.24) is 15.5 Å². The molecule has 9 heteroatoms. The van der Waals surface area contributed by atoms with Crippen LogP contribution in [0.5, 0.6) is 0 Å². The summed E-state index contributed by atoms with van der Waals surface area (Å²) in [6.07, 6.45) is 0.0238. The number of nitrogens with one attached hydrogen (secondary N) is 2. The zero-order valence-electron chi connectivity index (χ0n) is 27.4. The first-order valence-electron chi connectivity index (χ1n) is 14.8. The Morgan fingerprint density at radius 3 is 2.05 bits per heavy atom. The van der Waals surface area contributed by atoms with Crippen molar-refractivity contribution in [3.63, 3.8) is 0 Å². The summed E-state index contributed by atoms with van der Waals surface area (Å²) in [5, 5.41) is 5.45. The molecule has 0 aliphatic carbocycles. The van der Waals surface area contributed by atoms with Crippen molar-refractivity contribution in [1.29, 1.82) is 0 Å². The molecule has 236 valence electrons. The highest BCUT2D eigenvalue weighted by Crippen LogP contribution is 2.29. The summed E-state index contributed by atoms with van der Waals surface area (Å²) in [5.41, 5.74) is 1.69. The zero-order chi connectivity index (χ0) is 32.5. The first kappa shape index (κ1) is 35.3. The summed E-state index contributed by atoms with van der Waals surface area (Å²) in [5.74, 6) is -1.55. The molecule has 0 spiro atoms. The first-order valence-corrected chi connectivity index (χ1v) is 14.8. The molecular weight excluding hydrogens is 546 g/mol. The average Bonchev–Trinajstić information content (AvgIpc) is 2.89. The molecule has 3 unspecified atom stereocenters. The van der Waals surface area contributed by atoms with Crippen LogP contribution in [0.15, 0.2) is 48.5 Å². The lowest BCUT2D eigenvalue weighted by atomic mass is 9.94. The van der Waals surface area contributed by atoms with Crippen molar-refractivity contribution in [2.24, 2.45) is 0 Å². The molecule has 0 saturated carbocycles. The Kier molecular flexibility index (Phi) is 12.3. The van der Waals surface area contributed by atoms with Crippen LogP contribution in [0, 0.1) is 13.8 Å². The van der Waals surface area contributed by atoms with Crippen LogP contribution in [-0.4, -0.2) is 58.6 Å². The Morgan fingerprint density at radius 1 is 0.884 bits per heavy atom. The lowest BCUT2D eigenvalue weighted by Gasteiger charge is -2.37. The molecule has 2 N–H and O–H groups in total. The van der Waals surface area contributed by atoms with E-state index in [1.165, 1.54) is 4.90 Å². The Labute approximate surface area is 256 Å². The van der Waals surface area contributed by atoms with Crippen LogP contribution in [0.3, 0.4) is 0 Å². The molecule has 3 amide bonds. The summed E-state index contributed by atoms with van der Waals surface area (Å²) < 4.78 is 11.0. The van der Waals surface area contributed by atoms with E-state index in [0.717, 1.165) is 16.7 Å². The quantitative estimate of drug-likeness (QED) is 0.329. The van der Waals surface area contributed by atoms with E-state index in [9.17, 15) is 19.2 Å². The van der Waals surface area contributed by atoms with Gasteiger partial charge in [-0.15, -0.1) is 0 Å². The van der Waals surface area contributed by atoms with E-state index in [0.29, 0.717) is 12.0 Å². The van der Waals surface area contributed by atoms with Crippen molar-refractivity contribution >= 4 is 23.9 Å². The van der Waals surface area contributed by atoms with Gasteiger partial charge in [-0.25, -0.2) is 9.59 Å². The van der Waals surface area contributed by atoms with Crippen LogP contribution >= 0.6 is 0 Å². The fraction of sp³-hybridized carbons (Fsp3) is 0.529. The monoisotopic (exact) mass is 595 g/mol. The van der Waals surface area contributed by atoms with Gasteiger partial charge >= 0.3 is 12.1 Å². The molecule has 0 saturated heterocycles. The van der Waals surface area contributed by atoms with Gasteiger partial charge in [0, 0.05) is 12.5 Å². The second-order valence-corrected chi connectivity index (χ2v) is 13.0. The molecule has 2 rings (SSSR count). The molecule has 9 nitrogen and oxygen atoms in total. The molecule has 2 aromatic rings. The number of alkyl carbamates (subject to hydrolysis) is 1. The maximum Gasteiger partial charge on any atom is 0.408 e. The van der Waals surface area contributed by atoms with Gasteiger partial charge in [0.2, 0.25) is 11.8 Å². The highest BCUT2D eigenvalue weighted by atomic mass is 16.6. The topological polar surface area (TPSA) is 114 Å². The number of carbonyl (C=O) groups is 4. The number of hydrogen-bond donors (Lipinski definition) is 2. The molecule has 0 fully saturated rings. The van der Waals surface area contributed by atoms with Crippen LogP contribution in [0.25, 0.3) is 0 Å². The van der Waals surface area contributed by atoms with E-state index < -0.39 is 47.2 Å². The normalized spacial score (nSPS) is 13.7. The van der Waals surface area contributed by atoms with Crippen LogP contribution in [0.4, 0.5) is 4.79 Å². The lowest BCUT2D eigenvalue weighted by molar-refractivity contribution is -0.159. The summed E-state index contributed by atoms with van der Waals surface area (Å²) >= 11 is 0. The van der Waals surface area contributed by atoms with Gasteiger partial charge in [-0.1, -0.05) is 61.0 Å². The predicted molar refractivity (Wildman–Crippen MR) is 167 cm³/mol. The molecule has 0 radical (unpaired) electrons. The molecule has 43 heavy (non-hydrogen) atoms. The van der Waals surface area contributed by atoms with Crippen molar-refractivity contribution in [2.75, 3.05) is 6.54 Å². The molecule has 2 aromatic carbocycles. The van der Waals surface area contributed by atoms with Crippen molar-refractivity contribution in [3.8, 4) is 0 Å². The highest BCUT2D eigenvalue weighted by molar-refractivity contribution is 5.93. The minimum absolute atomic E-state index is 0.207. The number of nitrogens with zero attached hydrogens (tertiary/aromatic N) is 1. The van der Waals surface area contributed by atoms with Gasteiger partial charge in [-0.05, 0) is 85.4 Å². The van der Waals surface area contributed by atoms with Gasteiger partial charge in [0.05, 0.1) is 0 Å². The maximum absolute atomic E-state index is 14.3. The molecule has 0 aliphatic rings. The van der Waals surface area contributed by atoms with Crippen molar-refractivity contribution in [3.05, 3.63) is 70.8 Å². The number of amides is 3. The Balaban J connectivity index is 2.54. The molecule has 0 aromatic heterocycles. The number of aryl methyl sites for hydroxylation is 2. The van der Waals surface area contributed by atoms with E-state index >= 15 is 0 Å². The van der Waals surface area contributed by atoms with Crippen LogP contribution in [0.2, 0.25) is 0 Å². The van der Waals surface area contributed by atoms with Crippen molar-refractivity contribution in [2.45, 2.75) is 111 Å². The number of hydrogen-bond acceptors (Lipinski definition) is 6. The third-order valence-electron chi connectivity index (χ3n) is 6.68. The third kappa shape index (κ3) is 11.4. The predicted octanol–water partition coefficient (Wildman–Crippen LogP) is 5.57. The Morgan fingerprint density at radius 2 is 1.49 bits per heavy atom. The highest BCUT2D eigenvalue weighted by Gasteiger charge is 2.38. The molecule has 0 aliphatic heterocycles. The Hall–Kier alpha value is -3.88.